The predicted molar refractivity (Wildman–Crippen MR) is 90.4 cm³/mol. The van der Waals surface area contributed by atoms with Crippen molar-refractivity contribution in [2.75, 3.05) is 0 Å². The van der Waals surface area contributed by atoms with Crippen LogP contribution in [0.5, 0.6) is 5.75 Å². The summed E-state index contributed by atoms with van der Waals surface area (Å²) in [6.45, 7) is 1.56. The molecule has 0 aliphatic heterocycles. The van der Waals surface area contributed by atoms with Gasteiger partial charge in [0, 0.05) is 11.1 Å². The second-order valence-electron chi connectivity index (χ2n) is 4.76. The highest BCUT2D eigenvalue weighted by Gasteiger charge is 2.14. The topological polar surface area (TPSA) is 93.8 Å². The van der Waals surface area contributed by atoms with Crippen LogP contribution in [0.4, 0.5) is 5.69 Å². The van der Waals surface area contributed by atoms with Crippen LogP contribution >= 0.6 is 11.6 Å². The number of nitro groups is 1. The minimum absolute atomic E-state index is 0.0963. The van der Waals surface area contributed by atoms with Gasteiger partial charge >= 0.3 is 0 Å². The fourth-order valence-corrected chi connectivity index (χ4v) is 1.92. The first-order chi connectivity index (χ1) is 11.5. The molecule has 1 N–H and O–H groups in total. The van der Waals surface area contributed by atoms with Gasteiger partial charge in [-0.05, 0) is 37.3 Å². The van der Waals surface area contributed by atoms with Gasteiger partial charge in [-0.25, -0.2) is 5.43 Å². The van der Waals surface area contributed by atoms with Crippen molar-refractivity contribution in [3.05, 3.63) is 69.2 Å². The number of nitrogens with one attached hydrogen (secondary N) is 1. The summed E-state index contributed by atoms with van der Waals surface area (Å²) in [5, 5.41) is 15.2. The molecule has 8 heteroatoms. The van der Waals surface area contributed by atoms with Crippen molar-refractivity contribution in [1.82, 2.24) is 5.43 Å². The van der Waals surface area contributed by atoms with Crippen LogP contribution in [0, 0.1) is 10.1 Å². The Morgan fingerprint density at radius 1 is 1.29 bits per heavy atom. The maximum absolute atomic E-state index is 11.9. The molecule has 0 aliphatic carbocycles. The lowest BCUT2D eigenvalue weighted by Crippen LogP contribution is -2.33. The molecule has 1 amide bonds. The highest BCUT2D eigenvalue weighted by Crippen LogP contribution is 2.17. The zero-order valence-electron chi connectivity index (χ0n) is 12.7. The molecule has 0 saturated carbocycles. The average Bonchev–Trinajstić information content (AvgIpc) is 2.57. The predicted octanol–water partition coefficient (Wildman–Crippen LogP) is 3.17. The summed E-state index contributed by atoms with van der Waals surface area (Å²) in [6, 6.07) is 12.7. The minimum atomic E-state index is -0.797. The molecule has 0 saturated heterocycles. The van der Waals surface area contributed by atoms with E-state index in [1.165, 1.54) is 18.3 Å². The van der Waals surface area contributed by atoms with Gasteiger partial charge in [0.15, 0.2) is 6.10 Å². The van der Waals surface area contributed by atoms with Crippen LogP contribution in [-0.4, -0.2) is 23.1 Å². The van der Waals surface area contributed by atoms with Gasteiger partial charge in [-0.2, -0.15) is 5.10 Å². The molecule has 2 aromatic carbocycles. The van der Waals surface area contributed by atoms with Crippen molar-refractivity contribution < 1.29 is 14.5 Å². The molecule has 0 radical (unpaired) electrons. The van der Waals surface area contributed by atoms with Crippen molar-refractivity contribution >= 4 is 29.4 Å². The smallest absolute Gasteiger partial charge is 0.280 e. The quantitative estimate of drug-likeness (QED) is 0.493. The normalized spacial score (nSPS) is 11.9. The Morgan fingerprint density at radius 2 is 1.96 bits per heavy atom. The molecule has 0 spiro atoms. The number of rotatable bonds is 6. The Hall–Kier alpha value is -2.93. The van der Waals surface area contributed by atoms with Gasteiger partial charge in [0.1, 0.15) is 5.75 Å². The maximum atomic E-state index is 11.9. The van der Waals surface area contributed by atoms with E-state index < -0.39 is 16.9 Å². The number of hydrogen-bond donors (Lipinski definition) is 1. The van der Waals surface area contributed by atoms with E-state index in [1.54, 1.807) is 43.3 Å². The van der Waals surface area contributed by atoms with Gasteiger partial charge in [0.25, 0.3) is 11.6 Å². The molecule has 2 aromatic rings. The van der Waals surface area contributed by atoms with E-state index in [1.807, 2.05) is 0 Å². The molecule has 0 heterocycles. The summed E-state index contributed by atoms with van der Waals surface area (Å²) in [4.78, 5) is 22.3. The third-order valence-corrected chi connectivity index (χ3v) is 3.26. The molecule has 24 heavy (non-hydrogen) atoms. The van der Waals surface area contributed by atoms with Crippen LogP contribution in [-0.2, 0) is 4.79 Å². The fourth-order valence-electron chi connectivity index (χ4n) is 1.79. The van der Waals surface area contributed by atoms with Gasteiger partial charge in [-0.3, -0.25) is 14.9 Å². The van der Waals surface area contributed by atoms with Crippen LogP contribution in [0.2, 0.25) is 5.02 Å². The van der Waals surface area contributed by atoms with Gasteiger partial charge in [0.2, 0.25) is 0 Å². The van der Waals surface area contributed by atoms with Crippen LogP contribution in [0.15, 0.2) is 53.6 Å². The number of hydrazone groups is 1. The molecule has 2 rings (SSSR count). The summed E-state index contributed by atoms with van der Waals surface area (Å²) in [5.74, 6) is 0.00418. The average molecular weight is 348 g/mol. The number of nitro benzene ring substituents is 1. The highest BCUT2D eigenvalue weighted by molar-refractivity contribution is 6.30. The molecule has 0 aliphatic rings. The van der Waals surface area contributed by atoms with Crippen molar-refractivity contribution in [2.45, 2.75) is 13.0 Å². The van der Waals surface area contributed by atoms with Crippen LogP contribution in [0.1, 0.15) is 12.5 Å². The van der Waals surface area contributed by atoms with Crippen molar-refractivity contribution in [1.29, 1.82) is 0 Å². The molecule has 0 bridgehead atoms. The number of ether oxygens (including phenoxy) is 1. The standard InChI is InChI=1S/C16H14ClN3O4/c1-11(24-14-8-6-13(17)7-9-14)16(21)19-18-10-12-4-2-3-5-15(12)20(22)23/h2-11H,1H3,(H,19,21)/b18-10-/t11-/m0/s1. The lowest BCUT2D eigenvalue weighted by Gasteiger charge is -2.12. The molecule has 7 nitrogen and oxygen atoms in total. The number of nitrogens with zero attached hydrogens (tertiary/aromatic N) is 2. The summed E-state index contributed by atoms with van der Waals surface area (Å²) >= 11 is 5.77. The summed E-state index contributed by atoms with van der Waals surface area (Å²) < 4.78 is 5.44. The number of para-hydroxylation sites is 1. The zero-order chi connectivity index (χ0) is 17.5. The molecular weight excluding hydrogens is 334 g/mol. The Balaban J connectivity index is 1.95. The largest absolute Gasteiger partial charge is 0.481 e. The van der Waals surface area contributed by atoms with E-state index >= 15 is 0 Å². The third kappa shape index (κ3) is 4.79. The second-order valence-corrected chi connectivity index (χ2v) is 5.20. The highest BCUT2D eigenvalue weighted by atomic mass is 35.5. The van der Waals surface area contributed by atoms with E-state index in [-0.39, 0.29) is 11.3 Å². The molecule has 0 aromatic heterocycles. The molecular formula is C16H14ClN3O4. The van der Waals surface area contributed by atoms with E-state index in [0.29, 0.717) is 10.8 Å². The summed E-state index contributed by atoms with van der Waals surface area (Å²) in [6.07, 6.45) is 0.416. The summed E-state index contributed by atoms with van der Waals surface area (Å²) in [5.41, 5.74) is 2.48. The first-order valence-corrected chi connectivity index (χ1v) is 7.33. The number of hydrogen-bond acceptors (Lipinski definition) is 5. The van der Waals surface area contributed by atoms with Gasteiger partial charge in [-0.15, -0.1) is 0 Å². The fraction of sp³-hybridized carbons (Fsp3) is 0.125. The first-order valence-electron chi connectivity index (χ1n) is 6.96. The van der Waals surface area contributed by atoms with Crippen LogP contribution in [0.3, 0.4) is 0 Å². The molecule has 0 fully saturated rings. The maximum Gasteiger partial charge on any atom is 0.280 e. The van der Waals surface area contributed by atoms with Crippen molar-refractivity contribution in [3.63, 3.8) is 0 Å². The Morgan fingerprint density at radius 3 is 2.62 bits per heavy atom. The first kappa shape index (κ1) is 17.4. The Kier molecular flexibility index (Phi) is 5.86. The lowest BCUT2D eigenvalue weighted by molar-refractivity contribution is -0.385. The van der Waals surface area contributed by atoms with Gasteiger partial charge in [0.05, 0.1) is 16.7 Å². The third-order valence-electron chi connectivity index (χ3n) is 3.01. The second kappa shape index (κ2) is 8.07. The molecule has 124 valence electrons. The Bertz CT molecular complexity index is 762. The zero-order valence-corrected chi connectivity index (χ0v) is 13.4. The van der Waals surface area contributed by atoms with E-state index in [4.69, 9.17) is 16.3 Å². The van der Waals surface area contributed by atoms with E-state index in [9.17, 15) is 14.9 Å². The monoisotopic (exact) mass is 347 g/mol. The van der Waals surface area contributed by atoms with Crippen LogP contribution < -0.4 is 10.2 Å². The molecule has 0 unspecified atom stereocenters. The van der Waals surface area contributed by atoms with Gasteiger partial charge < -0.3 is 4.74 Å². The minimum Gasteiger partial charge on any atom is -0.481 e. The van der Waals surface area contributed by atoms with E-state index in [0.717, 1.165) is 0 Å². The SMILES string of the molecule is C[C@H](Oc1ccc(Cl)cc1)C(=O)N/N=C\c1ccccc1[N+](=O)[O-]. The Labute approximate surface area is 143 Å². The van der Waals surface area contributed by atoms with Crippen molar-refractivity contribution in [2.24, 2.45) is 5.10 Å². The number of carbonyl (C=O) groups excluding carboxylic acids is 1. The molecule has 1 atom stereocenters. The number of amides is 1. The summed E-state index contributed by atoms with van der Waals surface area (Å²) in [7, 11) is 0. The number of halogens is 1. The number of carbonyl (C=O) groups is 1. The van der Waals surface area contributed by atoms with Crippen LogP contribution in [0.25, 0.3) is 0 Å². The van der Waals surface area contributed by atoms with E-state index in [2.05, 4.69) is 10.5 Å². The van der Waals surface area contributed by atoms with Crippen molar-refractivity contribution in [3.8, 4) is 5.75 Å². The lowest BCUT2D eigenvalue weighted by atomic mass is 10.2. The van der Waals surface area contributed by atoms with Gasteiger partial charge in [-0.1, -0.05) is 23.7 Å². The number of benzene rings is 2.